The second-order valence-electron chi connectivity index (χ2n) is 6.84. The first-order valence-electron chi connectivity index (χ1n) is 6.82. The van der Waals surface area contributed by atoms with Gasteiger partial charge in [0.05, 0.1) is 0 Å². The van der Waals surface area contributed by atoms with Crippen molar-refractivity contribution in [1.29, 1.82) is 0 Å². The highest BCUT2D eigenvalue weighted by Gasteiger charge is 2.64. The van der Waals surface area contributed by atoms with Gasteiger partial charge in [0, 0.05) is 12.0 Å². The monoisotopic (exact) mass is 220 g/mol. The zero-order valence-electron chi connectivity index (χ0n) is 10.8. The second kappa shape index (κ2) is 3.13. The highest BCUT2D eigenvalue weighted by atomic mass is 16.3. The van der Waals surface area contributed by atoms with Gasteiger partial charge in [-0.25, -0.2) is 0 Å². The third-order valence-corrected chi connectivity index (χ3v) is 6.43. The number of aliphatic hydroxyl groups excluding tert-OH is 1. The summed E-state index contributed by atoms with van der Waals surface area (Å²) in [6, 6.07) is 0. The highest BCUT2D eigenvalue weighted by molar-refractivity contribution is 5.26. The Morgan fingerprint density at radius 3 is 2.88 bits per heavy atom. The molecule has 1 heteroatoms. The molecule has 2 bridgehead atoms. The summed E-state index contributed by atoms with van der Waals surface area (Å²) in [5.41, 5.74) is 2.26. The maximum absolute atomic E-state index is 9.89. The van der Waals surface area contributed by atoms with Gasteiger partial charge in [0.2, 0.25) is 0 Å². The van der Waals surface area contributed by atoms with Gasteiger partial charge in [0.25, 0.3) is 0 Å². The topological polar surface area (TPSA) is 20.2 Å². The van der Waals surface area contributed by atoms with Crippen LogP contribution >= 0.6 is 0 Å². The molecular formula is C15H24O. The van der Waals surface area contributed by atoms with Crippen LogP contribution in [0.3, 0.4) is 0 Å². The molecule has 3 aliphatic rings. The number of hydrogen-bond donors (Lipinski definition) is 1. The first kappa shape index (κ1) is 10.8. The van der Waals surface area contributed by atoms with Gasteiger partial charge in [-0.1, -0.05) is 25.5 Å². The van der Waals surface area contributed by atoms with Crippen LogP contribution in [0.2, 0.25) is 0 Å². The van der Waals surface area contributed by atoms with Gasteiger partial charge in [0.15, 0.2) is 0 Å². The number of fused-ring (bicyclic) bond motifs is 1. The molecule has 0 heterocycles. The molecule has 0 aromatic rings. The van der Waals surface area contributed by atoms with Gasteiger partial charge in [-0.05, 0) is 55.8 Å². The van der Waals surface area contributed by atoms with Crippen molar-refractivity contribution in [1.82, 2.24) is 0 Å². The average molecular weight is 220 g/mol. The largest absolute Gasteiger partial charge is 0.396 e. The summed E-state index contributed by atoms with van der Waals surface area (Å²) in [5.74, 6) is 2.27. The third-order valence-electron chi connectivity index (χ3n) is 6.43. The molecule has 1 spiro atoms. The fraction of sp³-hybridized carbons (Fsp3) is 0.867. The predicted molar refractivity (Wildman–Crippen MR) is 66.0 cm³/mol. The summed E-state index contributed by atoms with van der Waals surface area (Å²) in [4.78, 5) is 0. The highest BCUT2D eigenvalue weighted by Crippen LogP contribution is 2.71. The van der Waals surface area contributed by atoms with Crippen molar-refractivity contribution in [2.75, 3.05) is 6.61 Å². The van der Waals surface area contributed by atoms with E-state index in [2.05, 4.69) is 26.8 Å². The van der Waals surface area contributed by atoms with Crippen molar-refractivity contribution in [2.45, 2.75) is 46.5 Å². The fourth-order valence-corrected chi connectivity index (χ4v) is 5.34. The van der Waals surface area contributed by atoms with E-state index in [0.29, 0.717) is 17.9 Å². The lowest BCUT2D eigenvalue weighted by Crippen LogP contribution is -2.35. The first-order chi connectivity index (χ1) is 7.54. The van der Waals surface area contributed by atoms with Crippen LogP contribution in [-0.4, -0.2) is 11.7 Å². The van der Waals surface area contributed by atoms with Crippen molar-refractivity contribution >= 4 is 0 Å². The van der Waals surface area contributed by atoms with Crippen LogP contribution in [0.4, 0.5) is 0 Å². The Balaban J connectivity index is 2.10. The molecule has 1 nitrogen and oxygen atoms in total. The molecule has 3 rings (SSSR count). The van der Waals surface area contributed by atoms with E-state index in [0.717, 1.165) is 11.8 Å². The molecule has 2 fully saturated rings. The molecule has 3 aliphatic carbocycles. The van der Waals surface area contributed by atoms with Crippen molar-refractivity contribution < 1.29 is 5.11 Å². The molecule has 0 saturated heterocycles. The van der Waals surface area contributed by atoms with E-state index >= 15 is 0 Å². The lowest BCUT2D eigenvalue weighted by atomic mass is 9.68. The van der Waals surface area contributed by atoms with Crippen LogP contribution in [0.25, 0.3) is 0 Å². The number of allylic oxidation sites excluding steroid dienone is 2. The third kappa shape index (κ3) is 1.01. The minimum atomic E-state index is 0.168. The van der Waals surface area contributed by atoms with E-state index in [9.17, 15) is 5.11 Å². The molecule has 0 aromatic heterocycles. The lowest BCUT2D eigenvalue weighted by Gasteiger charge is -2.37. The Morgan fingerprint density at radius 1 is 1.44 bits per heavy atom. The number of hydrogen-bond acceptors (Lipinski definition) is 1. The van der Waals surface area contributed by atoms with Crippen molar-refractivity contribution in [3.63, 3.8) is 0 Å². The van der Waals surface area contributed by atoms with E-state index in [1.54, 1.807) is 5.57 Å². The van der Waals surface area contributed by atoms with Crippen LogP contribution in [0, 0.1) is 28.6 Å². The molecule has 1 N–H and O–H groups in total. The Hall–Kier alpha value is -0.300. The SMILES string of the molecule is CC1=CC[C@@]23C[C@@H]1[C@](C)(CO)[C@@H]2CC[C@H]3C. The summed E-state index contributed by atoms with van der Waals surface area (Å²) in [5, 5.41) is 9.89. The Kier molecular flexibility index (Phi) is 2.12. The van der Waals surface area contributed by atoms with E-state index in [4.69, 9.17) is 0 Å². The van der Waals surface area contributed by atoms with Gasteiger partial charge in [-0.15, -0.1) is 0 Å². The summed E-state index contributed by atoms with van der Waals surface area (Å²) >= 11 is 0. The first-order valence-corrected chi connectivity index (χ1v) is 6.82. The summed E-state index contributed by atoms with van der Waals surface area (Å²) in [6.07, 6.45) is 7.81. The fourth-order valence-electron chi connectivity index (χ4n) is 5.34. The van der Waals surface area contributed by atoms with Gasteiger partial charge in [-0.2, -0.15) is 0 Å². The standard InChI is InChI=1S/C15H24O/c1-10-6-7-15-8-12(10)14(3,9-16)13(15)5-4-11(15)2/h6,11-13,16H,4-5,7-9H2,1-3H3/t11-,12+,13+,14+,15+/m1/s1. The molecule has 5 atom stereocenters. The van der Waals surface area contributed by atoms with Gasteiger partial charge < -0.3 is 5.11 Å². The van der Waals surface area contributed by atoms with Crippen molar-refractivity contribution in [3.8, 4) is 0 Å². The quantitative estimate of drug-likeness (QED) is 0.672. The second-order valence-corrected chi connectivity index (χ2v) is 6.84. The normalized spacial score (nSPS) is 55.0. The molecule has 0 aliphatic heterocycles. The Morgan fingerprint density at radius 2 is 2.19 bits per heavy atom. The van der Waals surface area contributed by atoms with E-state index < -0.39 is 0 Å². The van der Waals surface area contributed by atoms with Gasteiger partial charge >= 0.3 is 0 Å². The minimum Gasteiger partial charge on any atom is -0.396 e. The van der Waals surface area contributed by atoms with Crippen LogP contribution in [0.1, 0.15) is 46.5 Å². The molecule has 2 saturated carbocycles. The smallest absolute Gasteiger partial charge is 0.0493 e. The average Bonchev–Trinajstić information content (AvgIpc) is 2.70. The van der Waals surface area contributed by atoms with E-state index in [1.165, 1.54) is 25.7 Å². The van der Waals surface area contributed by atoms with Crippen LogP contribution in [0.5, 0.6) is 0 Å². The molecular weight excluding hydrogens is 196 g/mol. The molecule has 0 aromatic carbocycles. The Labute approximate surface area is 98.9 Å². The summed E-state index contributed by atoms with van der Waals surface area (Å²) in [7, 11) is 0. The molecule has 0 radical (unpaired) electrons. The van der Waals surface area contributed by atoms with Crippen LogP contribution < -0.4 is 0 Å². The Bertz CT molecular complexity index is 345. The van der Waals surface area contributed by atoms with Crippen molar-refractivity contribution in [2.24, 2.45) is 28.6 Å². The van der Waals surface area contributed by atoms with Crippen molar-refractivity contribution in [3.05, 3.63) is 11.6 Å². The lowest BCUT2D eigenvalue weighted by molar-refractivity contribution is 0.0509. The zero-order chi connectivity index (χ0) is 11.6. The molecule has 0 unspecified atom stereocenters. The van der Waals surface area contributed by atoms with Gasteiger partial charge in [0.1, 0.15) is 0 Å². The van der Waals surface area contributed by atoms with E-state index in [1.807, 2.05) is 0 Å². The molecule has 90 valence electrons. The number of rotatable bonds is 1. The van der Waals surface area contributed by atoms with E-state index in [-0.39, 0.29) is 5.41 Å². The molecule has 16 heavy (non-hydrogen) atoms. The minimum absolute atomic E-state index is 0.168. The maximum atomic E-state index is 9.89. The predicted octanol–water partition coefficient (Wildman–Crippen LogP) is 3.39. The zero-order valence-corrected chi connectivity index (χ0v) is 10.8. The summed E-state index contributed by atoms with van der Waals surface area (Å²) in [6.45, 7) is 7.43. The maximum Gasteiger partial charge on any atom is 0.0493 e. The van der Waals surface area contributed by atoms with Crippen LogP contribution in [0.15, 0.2) is 11.6 Å². The summed E-state index contributed by atoms with van der Waals surface area (Å²) < 4.78 is 0. The number of aliphatic hydroxyl groups is 1. The van der Waals surface area contributed by atoms with Crippen LogP contribution in [-0.2, 0) is 0 Å². The molecule has 0 amide bonds. The van der Waals surface area contributed by atoms with Gasteiger partial charge in [-0.3, -0.25) is 0 Å².